The van der Waals surface area contributed by atoms with Crippen LogP contribution in [0.2, 0.25) is 0 Å². The smallest absolute Gasteiger partial charge is 0.182 e. The molecule has 0 fully saturated rings. The molecule has 0 radical (unpaired) electrons. The SMILES string of the molecule is Cc1ccc(CS(=O)(=O)c2ccc(O)cc2)cc1. The Morgan fingerprint density at radius 2 is 1.50 bits per heavy atom. The summed E-state index contributed by atoms with van der Waals surface area (Å²) in [4.78, 5) is 0.223. The molecule has 0 aromatic heterocycles. The third-order valence-corrected chi connectivity index (χ3v) is 4.38. The van der Waals surface area contributed by atoms with Crippen molar-refractivity contribution in [3.8, 4) is 5.75 Å². The molecule has 4 heteroatoms. The second-order valence-electron chi connectivity index (χ2n) is 4.24. The van der Waals surface area contributed by atoms with Crippen LogP contribution in [0, 0.1) is 6.92 Å². The van der Waals surface area contributed by atoms with E-state index in [1.165, 1.54) is 24.3 Å². The number of sulfone groups is 1. The van der Waals surface area contributed by atoms with Crippen LogP contribution >= 0.6 is 0 Å². The van der Waals surface area contributed by atoms with E-state index in [0.29, 0.717) is 0 Å². The fourth-order valence-electron chi connectivity index (χ4n) is 1.64. The zero-order valence-electron chi connectivity index (χ0n) is 10.00. The van der Waals surface area contributed by atoms with E-state index in [0.717, 1.165) is 11.1 Å². The third-order valence-electron chi connectivity index (χ3n) is 2.67. The molecular formula is C14H14O3S. The van der Waals surface area contributed by atoms with E-state index in [1.807, 2.05) is 31.2 Å². The lowest BCUT2D eigenvalue weighted by atomic mass is 10.2. The normalized spacial score (nSPS) is 11.4. The van der Waals surface area contributed by atoms with E-state index in [2.05, 4.69) is 0 Å². The summed E-state index contributed by atoms with van der Waals surface area (Å²) in [7, 11) is -3.35. The van der Waals surface area contributed by atoms with Gasteiger partial charge in [0.2, 0.25) is 0 Å². The number of hydrogen-bond acceptors (Lipinski definition) is 3. The molecular weight excluding hydrogens is 248 g/mol. The van der Waals surface area contributed by atoms with Crippen molar-refractivity contribution >= 4 is 9.84 Å². The molecule has 0 saturated carbocycles. The average Bonchev–Trinajstić information content (AvgIpc) is 2.32. The van der Waals surface area contributed by atoms with Crippen molar-refractivity contribution in [3.63, 3.8) is 0 Å². The Hall–Kier alpha value is -1.81. The first-order chi connectivity index (χ1) is 8.47. The van der Waals surface area contributed by atoms with Crippen LogP contribution in [0.3, 0.4) is 0 Å². The standard InChI is InChI=1S/C14H14O3S/c1-11-2-4-12(5-3-11)10-18(16,17)14-8-6-13(15)7-9-14/h2-9,15H,10H2,1H3. The van der Waals surface area contributed by atoms with Gasteiger partial charge in [0.05, 0.1) is 10.6 Å². The minimum Gasteiger partial charge on any atom is -0.508 e. The van der Waals surface area contributed by atoms with Gasteiger partial charge in [0.1, 0.15) is 5.75 Å². The van der Waals surface area contributed by atoms with Crippen LogP contribution in [0.15, 0.2) is 53.4 Å². The number of aryl methyl sites for hydroxylation is 1. The van der Waals surface area contributed by atoms with Gasteiger partial charge in [-0.1, -0.05) is 29.8 Å². The highest BCUT2D eigenvalue weighted by atomic mass is 32.2. The van der Waals surface area contributed by atoms with Crippen LogP contribution in [-0.4, -0.2) is 13.5 Å². The molecule has 0 aliphatic carbocycles. The van der Waals surface area contributed by atoms with Gasteiger partial charge in [-0.05, 0) is 36.8 Å². The predicted molar refractivity (Wildman–Crippen MR) is 70.2 cm³/mol. The lowest BCUT2D eigenvalue weighted by Crippen LogP contribution is -2.04. The zero-order chi connectivity index (χ0) is 13.2. The van der Waals surface area contributed by atoms with Crippen molar-refractivity contribution < 1.29 is 13.5 Å². The largest absolute Gasteiger partial charge is 0.508 e. The van der Waals surface area contributed by atoms with Crippen molar-refractivity contribution in [3.05, 3.63) is 59.7 Å². The maximum atomic E-state index is 12.1. The Labute approximate surface area is 107 Å². The van der Waals surface area contributed by atoms with Gasteiger partial charge in [0.25, 0.3) is 0 Å². The number of phenolic OH excluding ortho intramolecular Hbond substituents is 1. The molecule has 2 aromatic rings. The monoisotopic (exact) mass is 262 g/mol. The number of rotatable bonds is 3. The van der Waals surface area contributed by atoms with Gasteiger partial charge in [-0.3, -0.25) is 0 Å². The minimum atomic E-state index is -3.35. The molecule has 0 atom stereocenters. The highest BCUT2D eigenvalue weighted by Gasteiger charge is 2.14. The van der Waals surface area contributed by atoms with Crippen LogP contribution in [0.25, 0.3) is 0 Å². The lowest BCUT2D eigenvalue weighted by Gasteiger charge is -2.05. The number of phenols is 1. The van der Waals surface area contributed by atoms with Crippen LogP contribution in [0.4, 0.5) is 0 Å². The van der Waals surface area contributed by atoms with Gasteiger partial charge in [-0.25, -0.2) is 8.42 Å². The van der Waals surface area contributed by atoms with Gasteiger partial charge in [-0.15, -0.1) is 0 Å². The fraction of sp³-hybridized carbons (Fsp3) is 0.143. The predicted octanol–water partition coefficient (Wildman–Crippen LogP) is 2.67. The van der Waals surface area contributed by atoms with Crippen LogP contribution in [-0.2, 0) is 15.6 Å². The summed E-state index contributed by atoms with van der Waals surface area (Å²) in [6.07, 6.45) is 0. The summed E-state index contributed by atoms with van der Waals surface area (Å²) < 4.78 is 24.2. The van der Waals surface area contributed by atoms with Gasteiger partial charge in [0.15, 0.2) is 9.84 Å². The number of aromatic hydroxyl groups is 1. The van der Waals surface area contributed by atoms with Gasteiger partial charge < -0.3 is 5.11 Å². The summed E-state index contributed by atoms with van der Waals surface area (Å²) in [5.74, 6) is 0.0298. The quantitative estimate of drug-likeness (QED) is 0.925. The molecule has 0 heterocycles. The van der Waals surface area contributed by atoms with E-state index in [-0.39, 0.29) is 16.4 Å². The van der Waals surface area contributed by atoms with Crippen molar-refractivity contribution in [2.24, 2.45) is 0 Å². The highest BCUT2D eigenvalue weighted by molar-refractivity contribution is 7.90. The average molecular weight is 262 g/mol. The zero-order valence-corrected chi connectivity index (χ0v) is 10.8. The molecule has 0 aliphatic heterocycles. The molecule has 0 saturated heterocycles. The Balaban J connectivity index is 2.27. The van der Waals surface area contributed by atoms with E-state index in [9.17, 15) is 8.42 Å². The van der Waals surface area contributed by atoms with Gasteiger partial charge in [-0.2, -0.15) is 0 Å². The molecule has 2 aromatic carbocycles. The lowest BCUT2D eigenvalue weighted by molar-refractivity contribution is 0.475. The third kappa shape index (κ3) is 2.90. The topological polar surface area (TPSA) is 54.4 Å². The van der Waals surface area contributed by atoms with E-state index in [1.54, 1.807) is 0 Å². The van der Waals surface area contributed by atoms with Crippen molar-refractivity contribution in [1.29, 1.82) is 0 Å². The second-order valence-corrected chi connectivity index (χ2v) is 6.23. The summed E-state index contributed by atoms with van der Waals surface area (Å²) in [5.41, 5.74) is 1.86. The van der Waals surface area contributed by atoms with Gasteiger partial charge in [0, 0.05) is 0 Å². The van der Waals surface area contributed by atoms with Crippen LogP contribution in [0.5, 0.6) is 5.75 Å². The van der Waals surface area contributed by atoms with Crippen LogP contribution < -0.4 is 0 Å². The molecule has 2 rings (SSSR count). The molecule has 0 spiro atoms. The molecule has 3 nitrogen and oxygen atoms in total. The van der Waals surface area contributed by atoms with Crippen molar-refractivity contribution in [1.82, 2.24) is 0 Å². The van der Waals surface area contributed by atoms with Crippen molar-refractivity contribution in [2.75, 3.05) is 0 Å². The Bertz CT molecular complexity index is 626. The molecule has 0 bridgehead atoms. The van der Waals surface area contributed by atoms with E-state index in [4.69, 9.17) is 5.11 Å². The Morgan fingerprint density at radius 3 is 2.06 bits per heavy atom. The first kappa shape index (κ1) is 12.6. The summed E-state index contributed by atoms with van der Waals surface area (Å²) in [6, 6.07) is 13.0. The van der Waals surface area contributed by atoms with E-state index < -0.39 is 9.84 Å². The molecule has 0 aliphatic rings. The fourth-order valence-corrected chi connectivity index (χ4v) is 2.99. The maximum absolute atomic E-state index is 12.1. The van der Waals surface area contributed by atoms with Gasteiger partial charge >= 0.3 is 0 Å². The van der Waals surface area contributed by atoms with Crippen molar-refractivity contribution in [2.45, 2.75) is 17.6 Å². The summed E-state index contributed by atoms with van der Waals surface area (Å²) in [6.45, 7) is 1.96. The first-order valence-electron chi connectivity index (χ1n) is 5.55. The number of benzene rings is 2. The first-order valence-corrected chi connectivity index (χ1v) is 7.20. The maximum Gasteiger partial charge on any atom is 0.182 e. The Kier molecular flexibility index (Phi) is 3.39. The molecule has 18 heavy (non-hydrogen) atoms. The van der Waals surface area contributed by atoms with E-state index >= 15 is 0 Å². The molecule has 0 unspecified atom stereocenters. The number of hydrogen-bond donors (Lipinski definition) is 1. The minimum absolute atomic E-state index is 0.0297. The van der Waals surface area contributed by atoms with Crippen LogP contribution in [0.1, 0.15) is 11.1 Å². The summed E-state index contributed by atoms with van der Waals surface area (Å²) >= 11 is 0. The molecule has 0 amide bonds. The molecule has 94 valence electrons. The molecule has 1 N–H and O–H groups in total. The highest BCUT2D eigenvalue weighted by Crippen LogP contribution is 2.19. The second kappa shape index (κ2) is 4.82. The Morgan fingerprint density at radius 1 is 0.944 bits per heavy atom. The summed E-state index contributed by atoms with van der Waals surface area (Å²) in [5, 5.41) is 9.15.